The number of carbonyl (C=O) groups is 2. The fourth-order valence-electron chi connectivity index (χ4n) is 3.32. The lowest BCUT2D eigenvalue weighted by atomic mass is 10.1. The molecule has 1 aromatic heterocycles. The van der Waals surface area contributed by atoms with Crippen LogP contribution in [0, 0.1) is 6.92 Å². The van der Waals surface area contributed by atoms with E-state index in [9.17, 15) is 9.59 Å². The molecule has 1 heterocycles. The van der Waals surface area contributed by atoms with Gasteiger partial charge in [-0.1, -0.05) is 48.5 Å². The summed E-state index contributed by atoms with van der Waals surface area (Å²) in [5.74, 6) is 0.390. The molecule has 0 unspecified atom stereocenters. The number of amides is 1. The quantitative estimate of drug-likeness (QED) is 0.350. The zero-order valence-electron chi connectivity index (χ0n) is 20.9. The van der Waals surface area contributed by atoms with Crippen molar-refractivity contribution in [3.63, 3.8) is 0 Å². The Kier molecular flexibility index (Phi) is 7.96. The molecule has 3 aromatic rings. The van der Waals surface area contributed by atoms with E-state index in [1.165, 1.54) is 0 Å². The molecule has 35 heavy (non-hydrogen) atoms. The van der Waals surface area contributed by atoms with Crippen molar-refractivity contribution >= 4 is 23.7 Å². The fourth-order valence-corrected chi connectivity index (χ4v) is 3.32. The van der Waals surface area contributed by atoms with Gasteiger partial charge in [-0.2, -0.15) is 0 Å². The minimum Gasteiger partial charge on any atom is -0.484 e. The summed E-state index contributed by atoms with van der Waals surface area (Å²) < 4.78 is 17.2. The normalized spacial score (nSPS) is 10.9. The first-order valence-electron chi connectivity index (χ1n) is 11.2. The second-order valence-corrected chi connectivity index (χ2v) is 9.11. The smallest absolute Gasteiger partial charge is 0.413 e. The Balaban J connectivity index is 2.09. The van der Waals surface area contributed by atoms with Crippen molar-refractivity contribution in [3.8, 4) is 11.5 Å². The third kappa shape index (κ3) is 6.96. The van der Waals surface area contributed by atoms with Crippen LogP contribution < -0.4 is 19.7 Å². The second kappa shape index (κ2) is 10.9. The zero-order valence-corrected chi connectivity index (χ0v) is 20.9. The number of para-hydroxylation sites is 1. The third-order valence-corrected chi connectivity index (χ3v) is 4.80. The highest BCUT2D eigenvalue weighted by Crippen LogP contribution is 2.36. The zero-order chi connectivity index (χ0) is 25.6. The van der Waals surface area contributed by atoms with Gasteiger partial charge in [0.2, 0.25) is 0 Å². The number of carbonyl (C=O) groups excluding carboxylic acids is 2. The summed E-state index contributed by atoms with van der Waals surface area (Å²) in [7, 11) is 3.59. The Labute approximate surface area is 205 Å². The third-order valence-electron chi connectivity index (χ3n) is 4.80. The van der Waals surface area contributed by atoms with Crippen LogP contribution in [0.15, 0.2) is 60.7 Å². The van der Waals surface area contributed by atoms with Crippen molar-refractivity contribution in [1.29, 1.82) is 0 Å². The summed E-state index contributed by atoms with van der Waals surface area (Å²) in [6.45, 7) is 7.19. The van der Waals surface area contributed by atoms with E-state index >= 15 is 0 Å². The first kappa shape index (κ1) is 25.6. The van der Waals surface area contributed by atoms with E-state index in [2.05, 4.69) is 10.3 Å². The first-order valence-corrected chi connectivity index (χ1v) is 11.2. The molecule has 3 rings (SSSR count). The standard InChI is InChI=1S/C27H31N3O5/c1-18-21(25(31)34-20-15-11-8-12-16-20)22(33-17-19-13-9-7-10-14-19)23(28-24(18)30(5)6)29-26(32)35-27(2,3)4/h7-16H,17H2,1-6H3,(H,28,29,32). The summed E-state index contributed by atoms with van der Waals surface area (Å²) in [6, 6.07) is 18.2. The number of aromatic nitrogens is 1. The van der Waals surface area contributed by atoms with Gasteiger partial charge in [-0.3, -0.25) is 5.32 Å². The molecule has 0 atom stereocenters. The van der Waals surface area contributed by atoms with Crippen LogP contribution in [-0.2, 0) is 11.3 Å². The maximum absolute atomic E-state index is 13.4. The van der Waals surface area contributed by atoms with Gasteiger partial charge < -0.3 is 19.1 Å². The van der Waals surface area contributed by atoms with E-state index < -0.39 is 17.7 Å². The molecule has 8 heteroatoms. The van der Waals surface area contributed by atoms with Gasteiger partial charge in [0.15, 0.2) is 11.6 Å². The number of ether oxygens (including phenoxy) is 3. The van der Waals surface area contributed by atoms with E-state index in [0.29, 0.717) is 17.1 Å². The van der Waals surface area contributed by atoms with Crippen LogP contribution in [0.3, 0.4) is 0 Å². The number of benzene rings is 2. The fraction of sp³-hybridized carbons (Fsp3) is 0.296. The SMILES string of the molecule is Cc1c(N(C)C)nc(NC(=O)OC(C)(C)C)c(OCc2ccccc2)c1C(=O)Oc1ccccc1. The number of anilines is 2. The predicted octanol–water partition coefficient (Wildman–Crippen LogP) is 5.60. The number of pyridine rings is 1. The van der Waals surface area contributed by atoms with E-state index in [0.717, 1.165) is 5.56 Å². The summed E-state index contributed by atoms with van der Waals surface area (Å²) in [6.07, 6.45) is -0.717. The molecule has 0 bridgehead atoms. The van der Waals surface area contributed by atoms with Crippen LogP contribution in [-0.4, -0.2) is 36.7 Å². The van der Waals surface area contributed by atoms with Gasteiger partial charge in [0, 0.05) is 19.7 Å². The topological polar surface area (TPSA) is 90.0 Å². The molecule has 0 saturated carbocycles. The Morgan fingerprint density at radius 3 is 2.14 bits per heavy atom. The van der Waals surface area contributed by atoms with Gasteiger partial charge in [-0.15, -0.1) is 0 Å². The average Bonchev–Trinajstić information content (AvgIpc) is 2.78. The number of hydrogen-bond acceptors (Lipinski definition) is 7. The average molecular weight is 478 g/mol. The Bertz CT molecular complexity index is 1170. The van der Waals surface area contributed by atoms with E-state index in [4.69, 9.17) is 14.2 Å². The second-order valence-electron chi connectivity index (χ2n) is 9.11. The molecule has 0 aliphatic rings. The predicted molar refractivity (Wildman–Crippen MR) is 135 cm³/mol. The van der Waals surface area contributed by atoms with Gasteiger partial charge in [-0.05, 0) is 45.4 Å². The van der Waals surface area contributed by atoms with Gasteiger partial charge in [0.05, 0.1) is 0 Å². The maximum Gasteiger partial charge on any atom is 0.413 e. The van der Waals surface area contributed by atoms with E-state index in [-0.39, 0.29) is 23.7 Å². The van der Waals surface area contributed by atoms with Crippen molar-refractivity contribution in [3.05, 3.63) is 77.4 Å². The number of nitrogens with one attached hydrogen (secondary N) is 1. The van der Waals surface area contributed by atoms with Crippen molar-refractivity contribution in [2.75, 3.05) is 24.3 Å². The summed E-state index contributed by atoms with van der Waals surface area (Å²) in [5, 5.41) is 2.65. The van der Waals surface area contributed by atoms with Gasteiger partial charge in [0.1, 0.15) is 29.3 Å². The molecule has 0 aliphatic carbocycles. The molecule has 2 aromatic carbocycles. The van der Waals surface area contributed by atoms with E-state index in [1.807, 2.05) is 36.4 Å². The number of rotatable bonds is 7. The minimum atomic E-state index is -0.723. The van der Waals surface area contributed by atoms with Crippen molar-refractivity contribution in [1.82, 2.24) is 4.98 Å². The molecule has 0 saturated heterocycles. The Hall–Kier alpha value is -4.07. The van der Waals surface area contributed by atoms with Crippen LogP contribution in [0.5, 0.6) is 11.5 Å². The number of nitrogens with zero attached hydrogens (tertiary/aromatic N) is 2. The largest absolute Gasteiger partial charge is 0.484 e. The summed E-state index contributed by atoms with van der Waals surface area (Å²) in [5.41, 5.74) is 0.870. The Morgan fingerprint density at radius 2 is 1.57 bits per heavy atom. The van der Waals surface area contributed by atoms with Crippen molar-refractivity contribution < 1.29 is 23.8 Å². The highest BCUT2D eigenvalue weighted by Gasteiger charge is 2.28. The van der Waals surface area contributed by atoms with Crippen LogP contribution >= 0.6 is 0 Å². The van der Waals surface area contributed by atoms with Gasteiger partial charge in [-0.25, -0.2) is 14.6 Å². The molecule has 8 nitrogen and oxygen atoms in total. The monoisotopic (exact) mass is 477 g/mol. The molecule has 0 spiro atoms. The van der Waals surface area contributed by atoms with E-state index in [1.54, 1.807) is 71.0 Å². The maximum atomic E-state index is 13.4. The lowest BCUT2D eigenvalue weighted by Gasteiger charge is -2.24. The molecule has 0 radical (unpaired) electrons. The van der Waals surface area contributed by atoms with Crippen LogP contribution in [0.4, 0.5) is 16.4 Å². The van der Waals surface area contributed by atoms with Crippen molar-refractivity contribution in [2.45, 2.75) is 39.9 Å². The summed E-state index contributed by atoms with van der Waals surface area (Å²) in [4.78, 5) is 32.4. The highest BCUT2D eigenvalue weighted by atomic mass is 16.6. The summed E-state index contributed by atoms with van der Waals surface area (Å²) >= 11 is 0. The van der Waals surface area contributed by atoms with Crippen LogP contribution in [0.2, 0.25) is 0 Å². The van der Waals surface area contributed by atoms with Crippen LogP contribution in [0.25, 0.3) is 0 Å². The Morgan fingerprint density at radius 1 is 0.971 bits per heavy atom. The van der Waals surface area contributed by atoms with Gasteiger partial charge in [0.25, 0.3) is 0 Å². The molecular weight excluding hydrogens is 446 g/mol. The highest BCUT2D eigenvalue weighted by molar-refractivity contribution is 6.00. The first-order chi connectivity index (χ1) is 16.5. The molecule has 184 valence electrons. The lowest BCUT2D eigenvalue weighted by molar-refractivity contribution is 0.0632. The molecule has 1 N–H and O–H groups in total. The molecular formula is C27H31N3O5. The molecule has 0 aliphatic heterocycles. The lowest BCUT2D eigenvalue weighted by Crippen LogP contribution is -2.28. The number of hydrogen-bond donors (Lipinski definition) is 1. The molecule has 1 amide bonds. The van der Waals surface area contributed by atoms with Gasteiger partial charge >= 0.3 is 12.1 Å². The molecule has 0 fully saturated rings. The van der Waals surface area contributed by atoms with Crippen LogP contribution in [0.1, 0.15) is 42.3 Å². The number of esters is 1. The van der Waals surface area contributed by atoms with Crippen molar-refractivity contribution in [2.24, 2.45) is 0 Å². The minimum absolute atomic E-state index is 0.0597.